The van der Waals surface area contributed by atoms with Gasteiger partial charge in [0, 0.05) is 41.9 Å². The minimum atomic E-state index is -0.423. The third-order valence-corrected chi connectivity index (χ3v) is 4.13. The van der Waals surface area contributed by atoms with Crippen molar-refractivity contribution in [1.29, 1.82) is 0 Å². The van der Waals surface area contributed by atoms with Crippen LogP contribution in [0.2, 0.25) is 0 Å². The van der Waals surface area contributed by atoms with Crippen molar-refractivity contribution in [1.82, 2.24) is 5.32 Å². The highest BCUT2D eigenvalue weighted by molar-refractivity contribution is 9.10. The molecule has 0 bridgehead atoms. The van der Waals surface area contributed by atoms with Crippen molar-refractivity contribution in [3.8, 4) is 11.3 Å². The largest absolute Gasteiger partial charge is 0.460 e. The number of methoxy groups -OCH3 is 1. The normalized spacial score (nSPS) is 12.3. The average molecular weight is 383 g/mol. The van der Waals surface area contributed by atoms with Gasteiger partial charge in [0.05, 0.1) is 11.5 Å². The van der Waals surface area contributed by atoms with Gasteiger partial charge < -0.3 is 14.5 Å². The fourth-order valence-corrected chi connectivity index (χ4v) is 2.67. The van der Waals surface area contributed by atoms with Gasteiger partial charge >= 0.3 is 0 Å². The molecule has 0 radical (unpaired) electrons. The van der Waals surface area contributed by atoms with E-state index < -0.39 is 4.92 Å². The number of benzene rings is 1. The molecule has 2 rings (SSSR count). The zero-order valence-corrected chi connectivity index (χ0v) is 14.6. The number of rotatable bonds is 8. The first-order chi connectivity index (χ1) is 11.0. The Balaban J connectivity index is 2.03. The second-order valence-corrected chi connectivity index (χ2v) is 6.10. The number of nitro groups is 1. The molecule has 0 aliphatic rings. The van der Waals surface area contributed by atoms with Gasteiger partial charge in [0.2, 0.25) is 0 Å². The van der Waals surface area contributed by atoms with Gasteiger partial charge in [0.15, 0.2) is 0 Å². The lowest BCUT2D eigenvalue weighted by Gasteiger charge is -2.11. The molecule has 7 heteroatoms. The van der Waals surface area contributed by atoms with Crippen LogP contribution in [0.4, 0.5) is 5.69 Å². The third-order valence-electron chi connectivity index (χ3n) is 3.47. The van der Waals surface area contributed by atoms with Gasteiger partial charge in [-0.25, -0.2) is 0 Å². The van der Waals surface area contributed by atoms with Gasteiger partial charge in [-0.1, -0.05) is 0 Å². The van der Waals surface area contributed by atoms with E-state index in [1.165, 1.54) is 12.1 Å². The highest BCUT2D eigenvalue weighted by Gasteiger charge is 2.13. The minimum Gasteiger partial charge on any atom is -0.460 e. The Morgan fingerprint density at radius 1 is 1.39 bits per heavy atom. The second-order valence-electron chi connectivity index (χ2n) is 5.25. The number of non-ortho nitro benzene ring substituents is 1. The Kier molecular flexibility index (Phi) is 6.32. The number of hydrogen-bond donors (Lipinski definition) is 1. The van der Waals surface area contributed by atoms with E-state index in [-0.39, 0.29) is 5.69 Å². The van der Waals surface area contributed by atoms with Crippen molar-refractivity contribution in [2.45, 2.75) is 25.9 Å². The highest BCUT2D eigenvalue weighted by atomic mass is 79.9. The van der Waals surface area contributed by atoms with Crippen LogP contribution in [0.3, 0.4) is 0 Å². The fraction of sp³-hybridized carbons (Fsp3) is 0.375. The van der Waals surface area contributed by atoms with Crippen LogP contribution < -0.4 is 5.32 Å². The lowest BCUT2D eigenvalue weighted by atomic mass is 10.1. The molecule has 1 atom stereocenters. The van der Waals surface area contributed by atoms with Gasteiger partial charge in [-0.05, 0) is 47.5 Å². The molecule has 124 valence electrons. The Morgan fingerprint density at radius 2 is 2.17 bits per heavy atom. The SMILES string of the molecule is COCCC(C)NCc1ccc(-c2ccc([N+](=O)[O-])cc2Br)o1. The summed E-state index contributed by atoms with van der Waals surface area (Å²) in [6.07, 6.45) is 0.929. The summed E-state index contributed by atoms with van der Waals surface area (Å²) in [5, 5.41) is 14.1. The predicted molar refractivity (Wildman–Crippen MR) is 91.3 cm³/mol. The minimum absolute atomic E-state index is 0.0426. The third kappa shape index (κ3) is 4.89. The molecule has 1 heterocycles. The van der Waals surface area contributed by atoms with Gasteiger partial charge in [-0.15, -0.1) is 0 Å². The van der Waals surface area contributed by atoms with Crippen LogP contribution in [0.5, 0.6) is 0 Å². The molecule has 0 saturated heterocycles. The van der Waals surface area contributed by atoms with E-state index in [1.54, 1.807) is 13.2 Å². The van der Waals surface area contributed by atoms with Gasteiger partial charge in [0.25, 0.3) is 5.69 Å². The van der Waals surface area contributed by atoms with E-state index >= 15 is 0 Å². The van der Waals surface area contributed by atoms with E-state index in [0.717, 1.165) is 17.7 Å². The van der Waals surface area contributed by atoms with Crippen molar-refractivity contribution >= 4 is 21.6 Å². The molecule has 1 unspecified atom stereocenters. The second kappa shape index (κ2) is 8.24. The van der Waals surface area contributed by atoms with Crippen LogP contribution in [-0.2, 0) is 11.3 Å². The molecule has 0 aliphatic carbocycles. The number of nitro benzene ring substituents is 1. The van der Waals surface area contributed by atoms with Crippen molar-refractivity contribution in [2.75, 3.05) is 13.7 Å². The number of halogens is 1. The number of nitrogens with one attached hydrogen (secondary N) is 1. The van der Waals surface area contributed by atoms with Crippen LogP contribution >= 0.6 is 15.9 Å². The summed E-state index contributed by atoms with van der Waals surface area (Å²) in [6, 6.07) is 8.71. The Morgan fingerprint density at radius 3 is 2.83 bits per heavy atom. The molecule has 2 aromatic rings. The van der Waals surface area contributed by atoms with Gasteiger partial charge in [-0.2, -0.15) is 0 Å². The zero-order valence-electron chi connectivity index (χ0n) is 13.0. The maximum absolute atomic E-state index is 10.8. The topological polar surface area (TPSA) is 77.5 Å². The molecule has 1 aromatic carbocycles. The monoisotopic (exact) mass is 382 g/mol. The first kappa shape index (κ1) is 17.7. The van der Waals surface area contributed by atoms with Crippen molar-refractivity contribution < 1.29 is 14.1 Å². The van der Waals surface area contributed by atoms with Crippen LogP contribution in [0.15, 0.2) is 39.2 Å². The predicted octanol–water partition coefficient (Wildman–Crippen LogP) is 4.13. The number of nitrogens with zero attached hydrogens (tertiary/aromatic N) is 1. The van der Waals surface area contributed by atoms with E-state index in [9.17, 15) is 10.1 Å². The van der Waals surface area contributed by atoms with E-state index in [1.807, 2.05) is 12.1 Å². The molecule has 0 aliphatic heterocycles. The average Bonchev–Trinajstić information content (AvgIpc) is 2.99. The van der Waals surface area contributed by atoms with Crippen molar-refractivity contribution in [3.63, 3.8) is 0 Å². The van der Waals surface area contributed by atoms with Gasteiger partial charge in [0.1, 0.15) is 11.5 Å². The summed E-state index contributed by atoms with van der Waals surface area (Å²) >= 11 is 3.36. The molecule has 0 saturated carbocycles. The zero-order chi connectivity index (χ0) is 16.8. The molecule has 23 heavy (non-hydrogen) atoms. The molecule has 1 N–H and O–H groups in total. The summed E-state index contributed by atoms with van der Waals surface area (Å²) in [5.74, 6) is 1.49. The molecule has 0 amide bonds. The van der Waals surface area contributed by atoms with E-state index in [4.69, 9.17) is 9.15 Å². The quantitative estimate of drug-likeness (QED) is 0.548. The lowest BCUT2D eigenvalue weighted by Crippen LogP contribution is -2.26. The van der Waals surface area contributed by atoms with Crippen LogP contribution in [0.25, 0.3) is 11.3 Å². The number of ether oxygens (including phenoxy) is 1. The lowest BCUT2D eigenvalue weighted by molar-refractivity contribution is -0.384. The molecular weight excluding hydrogens is 364 g/mol. The standard InChI is InChI=1S/C16H19BrN2O4/c1-11(7-8-22-2)18-10-13-4-6-16(23-13)14-5-3-12(19(20)21)9-15(14)17/h3-6,9,11,18H,7-8,10H2,1-2H3. The molecule has 6 nitrogen and oxygen atoms in total. The van der Waals surface area contributed by atoms with Crippen LogP contribution in [0.1, 0.15) is 19.1 Å². The molecule has 1 aromatic heterocycles. The number of hydrogen-bond acceptors (Lipinski definition) is 5. The highest BCUT2D eigenvalue weighted by Crippen LogP contribution is 2.32. The van der Waals surface area contributed by atoms with E-state index in [2.05, 4.69) is 28.2 Å². The summed E-state index contributed by atoms with van der Waals surface area (Å²) in [7, 11) is 1.69. The molecule has 0 fully saturated rings. The summed E-state index contributed by atoms with van der Waals surface area (Å²) in [4.78, 5) is 10.3. The van der Waals surface area contributed by atoms with Crippen molar-refractivity contribution in [2.24, 2.45) is 0 Å². The summed E-state index contributed by atoms with van der Waals surface area (Å²) < 4.78 is 11.5. The maximum atomic E-state index is 10.8. The Labute approximate surface area is 143 Å². The first-order valence-electron chi connectivity index (χ1n) is 7.26. The Bertz CT molecular complexity index is 672. The molecular formula is C16H19BrN2O4. The molecule has 0 spiro atoms. The van der Waals surface area contributed by atoms with Crippen molar-refractivity contribution in [3.05, 3.63) is 50.7 Å². The number of furan rings is 1. The fourth-order valence-electron chi connectivity index (χ4n) is 2.11. The Hall–Kier alpha value is -1.70. The van der Waals surface area contributed by atoms with E-state index in [0.29, 0.717) is 29.4 Å². The smallest absolute Gasteiger partial charge is 0.270 e. The van der Waals surface area contributed by atoms with Gasteiger partial charge in [-0.3, -0.25) is 10.1 Å². The summed E-state index contributed by atoms with van der Waals surface area (Å²) in [5.41, 5.74) is 0.829. The van der Waals surface area contributed by atoms with Crippen LogP contribution in [0, 0.1) is 10.1 Å². The maximum Gasteiger partial charge on any atom is 0.270 e. The summed E-state index contributed by atoms with van der Waals surface area (Å²) in [6.45, 7) is 3.43. The first-order valence-corrected chi connectivity index (χ1v) is 8.06. The van der Waals surface area contributed by atoms with Crippen LogP contribution in [-0.4, -0.2) is 24.7 Å².